The highest BCUT2D eigenvalue weighted by molar-refractivity contribution is 8.03. The number of hydrogen-bond donors (Lipinski definition) is 0. The number of anilines is 1. The highest BCUT2D eigenvalue weighted by Crippen LogP contribution is 2.41. The highest BCUT2D eigenvalue weighted by Gasteiger charge is 2.40. The lowest BCUT2D eigenvalue weighted by atomic mass is 10.1. The summed E-state index contributed by atoms with van der Waals surface area (Å²) < 4.78 is 5.37. The van der Waals surface area contributed by atoms with Gasteiger partial charge in [-0.3, -0.25) is 9.59 Å². The van der Waals surface area contributed by atoms with Gasteiger partial charge in [-0.1, -0.05) is 48.0 Å². The first-order chi connectivity index (χ1) is 13.6. The standard InChI is InChI=1S/C22H16ClNO3S/c1-14-17(23)10-5-11-18(14)24-21(25)19(15-7-3-2-4-8-15)20(22(24)26)28-13-16-9-6-12-27-16/h2-12H,13H2,1H3. The molecule has 0 N–H and O–H groups in total. The molecule has 4 nitrogen and oxygen atoms in total. The number of thioether (sulfide) groups is 1. The Morgan fingerprint density at radius 3 is 2.46 bits per heavy atom. The van der Waals surface area contributed by atoms with Crippen molar-refractivity contribution in [1.82, 2.24) is 0 Å². The molecule has 140 valence electrons. The lowest BCUT2D eigenvalue weighted by molar-refractivity contribution is -0.119. The Labute approximate surface area is 171 Å². The van der Waals surface area contributed by atoms with Crippen LogP contribution in [0.4, 0.5) is 5.69 Å². The van der Waals surface area contributed by atoms with Crippen LogP contribution in [0.3, 0.4) is 0 Å². The van der Waals surface area contributed by atoms with Crippen LogP contribution in [0.5, 0.6) is 0 Å². The Bertz CT molecular complexity index is 1070. The molecule has 0 aliphatic carbocycles. The Balaban J connectivity index is 1.78. The first-order valence-corrected chi connectivity index (χ1v) is 10.0. The predicted molar refractivity (Wildman–Crippen MR) is 112 cm³/mol. The van der Waals surface area contributed by atoms with Crippen molar-refractivity contribution in [3.05, 3.63) is 93.7 Å². The zero-order valence-corrected chi connectivity index (χ0v) is 16.6. The SMILES string of the molecule is Cc1c(Cl)cccc1N1C(=O)C(SCc2ccco2)=C(c2ccccc2)C1=O. The minimum absolute atomic E-state index is 0.342. The molecule has 0 saturated heterocycles. The Morgan fingerprint density at radius 2 is 1.75 bits per heavy atom. The van der Waals surface area contributed by atoms with Crippen LogP contribution in [0.25, 0.3) is 5.57 Å². The molecule has 1 aromatic heterocycles. The minimum Gasteiger partial charge on any atom is -0.468 e. The fourth-order valence-corrected chi connectivity index (χ4v) is 4.28. The van der Waals surface area contributed by atoms with Gasteiger partial charge >= 0.3 is 0 Å². The number of rotatable bonds is 5. The van der Waals surface area contributed by atoms with E-state index in [1.807, 2.05) is 36.4 Å². The van der Waals surface area contributed by atoms with Gasteiger partial charge in [-0.05, 0) is 42.3 Å². The van der Waals surface area contributed by atoms with Crippen molar-refractivity contribution in [3.8, 4) is 0 Å². The van der Waals surface area contributed by atoms with Crippen molar-refractivity contribution in [1.29, 1.82) is 0 Å². The fraction of sp³-hybridized carbons (Fsp3) is 0.0909. The number of furan rings is 1. The third kappa shape index (κ3) is 3.28. The lowest BCUT2D eigenvalue weighted by Crippen LogP contribution is -2.32. The van der Waals surface area contributed by atoms with Gasteiger partial charge in [-0.25, -0.2) is 4.90 Å². The Kier molecular flexibility index (Phi) is 5.11. The zero-order chi connectivity index (χ0) is 19.7. The number of carbonyl (C=O) groups is 2. The predicted octanol–water partition coefficient (Wildman–Crippen LogP) is 5.46. The van der Waals surface area contributed by atoms with Gasteiger partial charge in [-0.2, -0.15) is 0 Å². The third-order valence-electron chi connectivity index (χ3n) is 4.52. The van der Waals surface area contributed by atoms with E-state index < -0.39 is 0 Å². The van der Waals surface area contributed by atoms with E-state index >= 15 is 0 Å². The molecule has 0 radical (unpaired) electrons. The summed E-state index contributed by atoms with van der Waals surface area (Å²) in [5, 5.41) is 0.510. The Morgan fingerprint density at radius 1 is 0.964 bits per heavy atom. The summed E-state index contributed by atoms with van der Waals surface area (Å²) in [6, 6.07) is 18.1. The molecule has 0 atom stereocenters. The quantitative estimate of drug-likeness (QED) is 0.525. The topological polar surface area (TPSA) is 50.5 Å². The number of imide groups is 1. The van der Waals surface area contributed by atoms with Crippen LogP contribution in [0.15, 0.2) is 76.2 Å². The van der Waals surface area contributed by atoms with Crippen LogP contribution in [-0.2, 0) is 15.3 Å². The fourth-order valence-electron chi connectivity index (χ4n) is 3.10. The van der Waals surface area contributed by atoms with Crippen molar-refractivity contribution < 1.29 is 14.0 Å². The summed E-state index contributed by atoms with van der Waals surface area (Å²) in [7, 11) is 0. The number of hydrogen-bond acceptors (Lipinski definition) is 4. The molecule has 2 amide bonds. The van der Waals surface area contributed by atoms with Crippen molar-refractivity contribution >= 4 is 46.4 Å². The second-order valence-electron chi connectivity index (χ2n) is 6.27. The van der Waals surface area contributed by atoms with E-state index in [1.54, 1.807) is 37.5 Å². The van der Waals surface area contributed by atoms with Gasteiger partial charge in [-0.15, -0.1) is 11.8 Å². The second kappa shape index (κ2) is 7.70. The van der Waals surface area contributed by atoms with Crippen molar-refractivity contribution in [2.45, 2.75) is 12.7 Å². The smallest absolute Gasteiger partial charge is 0.272 e. The van der Waals surface area contributed by atoms with E-state index in [0.717, 1.165) is 5.76 Å². The van der Waals surface area contributed by atoms with E-state index in [9.17, 15) is 9.59 Å². The van der Waals surface area contributed by atoms with Crippen LogP contribution in [0.1, 0.15) is 16.9 Å². The summed E-state index contributed by atoms with van der Waals surface area (Å²) in [5.41, 5.74) is 2.31. The maximum absolute atomic E-state index is 13.3. The van der Waals surface area contributed by atoms with Crippen LogP contribution in [-0.4, -0.2) is 11.8 Å². The molecule has 3 aromatic rings. The monoisotopic (exact) mass is 409 g/mol. The molecule has 0 spiro atoms. The maximum Gasteiger partial charge on any atom is 0.272 e. The van der Waals surface area contributed by atoms with Crippen LogP contribution < -0.4 is 4.90 Å². The molecule has 0 saturated carbocycles. The Hall–Kier alpha value is -2.76. The van der Waals surface area contributed by atoms with E-state index in [-0.39, 0.29) is 11.8 Å². The summed E-state index contributed by atoms with van der Waals surface area (Å²) >= 11 is 7.53. The summed E-state index contributed by atoms with van der Waals surface area (Å²) in [4.78, 5) is 28.2. The molecule has 4 rings (SSSR count). The van der Waals surface area contributed by atoms with Crippen LogP contribution in [0.2, 0.25) is 5.02 Å². The molecule has 0 unspecified atom stereocenters. The highest BCUT2D eigenvalue weighted by atomic mass is 35.5. The molecule has 1 aliphatic heterocycles. The van der Waals surface area contributed by atoms with Crippen LogP contribution in [0, 0.1) is 6.92 Å². The number of nitrogens with zero attached hydrogens (tertiary/aromatic N) is 1. The first-order valence-electron chi connectivity index (χ1n) is 8.66. The average molecular weight is 410 g/mol. The largest absolute Gasteiger partial charge is 0.468 e. The van der Waals surface area contributed by atoms with Crippen LogP contribution >= 0.6 is 23.4 Å². The van der Waals surface area contributed by atoms with Gasteiger partial charge in [0.2, 0.25) is 0 Å². The van der Waals surface area contributed by atoms with Gasteiger partial charge in [0.1, 0.15) is 5.76 Å². The molecular weight excluding hydrogens is 394 g/mol. The second-order valence-corrected chi connectivity index (χ2v) is 7.66. The third-order valence-corrected chi connectivity index (χ3v) is 6.03. The molecule has 1 aliphatic rings. The van der Waals surface area contributed by atoms with E-state index in [0.29, 0.717) is 38.1 Å². The summed E-state index contributed by atoms with van der Waals surface area (Å²) in [6.07, 6.45) is 1.59. The van der Waals surface area contributed by atoms with E-state index in [4.69, 9.17) is 16.0 Å². The van der Waals surface area contributed by atoms with Gasteiger partial charge in [0.15, 0.2) is 0 Å². The lowest BCUT2D eigenvalue weighted by Gasteiger charge is -2.18. The van der Waals surface area contributed by atoms with Gasteiger partial charge in [0.05, 0.1) is 28.2 Å². The molecule has 28 heavy (non-hydrogen) atoms. The van der Waals surface area contributed by atoms with Crippen molar-refractivity contribution in [2.75, 3.05) is 4.90 Å². The van der Waals surface area contributed by atoms with E-state index in [1.165, 1.54) is 16.7 Å². The molecule has 2 aromatic carbocycles. The average Bonchev–Trinajstić information content (AvgIpc) is 3.30. The molecule has 6 heteroatoms. The first kappa shape index (κ1) is 18.6. The number of carbonyl (C=O) groups excluding carboxylic acids is 2. The van der Waals surface area contributed by atoms with E-state index in [2.05, 4.69) is 0 Å². The van der Waals surface area contributed by atoms with Crippen molar-refractivity contribution in [3.63, 3.8) is 0 Å². The van der Waals surface area contributed by atoms with Crippen molar-refractivity contribution in [2.24, 2.45) is 0 Å². The minimum atomic E-state index is -0.344. The van der Waals surface area contributed by atoms with Gasteiger partial charge in [0.25, 0.3) is 11.8 Å². The summed E-state index contributed by atoms with van der Waals surface area (Å²) in [6.45, 7) is 1.80. The zero-order valence-electron chi connectivity index (χ0n) is 15.0. The van der Waals surface area contributed by atoms with Gasteiger partial charge in [0, 0.05) is 5.02 Å². The molecule has 0 bridgehead atoms. The molecule has 2 heterocycles. The normalized spacial score (nSPS) is 14.3. The molecule has 0 fully saturated rings. The maximum atomic E-state index is 13.3. The molecular formula is C22H16ClNO3S. The van der Waals surface area contributed by atoms with Gasteiger partial charge < -0.3 is 4.42 Å². The number of benzene rings is 2. The number of halogens is 1. The number of amides is 2. The summed E-state index contributed by atoms with van der Waals surface area (Å²) in [5.74, 6) is 0.511.